The summed E-state index contributed by atoms with van der Waals surface area (Å²) < 4.78 is 1.25. The van der Waals surface area contributed by atoms with Gasteiger partial charge in [0.2, 0.25) is 0 Å². The lowest BCUT2D eigenvalue weighted by atomic mass is 9.95. The van der Waals surface area contributed by atoms with E-state index in [-0.39, 0.29) is 0 Å². The van der Waals surface area contributed by atoms with Crippen LogP contribution >= 0.6 is 27.7 Å². The highest BCUT2D eigenvalue weighted by molar-refractivity contribution is 9.10. The van der Waals surface area contributed by atoms with Crippen LogP contribution < -0.4 is 5.32 Å². The summed E-state index contributed by atoms with van der Waals surface area (Å²) in [6, 6.07) is 8.62. The summed E-state index contributed by atoms with van der Waals surface area (Å²) in [7, 11) is 0. The van der Waals surface area contributed by atoms with Gasteiger partial charge in [-0.2, -0.15) is 11.8 Å². The highest BCUT2D eigenvalue weighted by Crippen LogP contribution is 2.22. The van der Waals surface area contributed by atoms with Crippen LogP contribution in [0.4, 0.5) is 0 Å². The van der Waals surface area contributed by atoms with Gasteiger partial charge in [-0.25, -0.2) is 0 Å². The summed E-state index contributed by atoms with van der Waals surface area (Å²) in [5.74, 6) is 2.74. The van der Waals surface area contributed by atoms with Crippen molar-refractivity contribution in [2.45, 2.75) is 33.1 Å². The molecule has 1 N–H and O–H groups in total. The van der Waals surface area contributed by atoms with Crippen LogP contribution in [0, 0.1) is 11.8 Å². The number of halogens is 1. The largest absolute Gasteiger partial charge is 0.316 e. The first kappa shape index (κ1) is 18.1. The van der Waals surface area contributed by atoms with Gasteiger partial charge in [-0.3, -0.25) is 0 Å². The molecule has 0 heterocycles. The Balaban J connectivity index is 2.50. The second kappa shape index (κ2) is 10.7. The van der Waals surface area contributed by atoms with Gasteiger partial charge in [0.1, 0.15) is 0 Å². The Kier molecular flexibility index (Phi) is 9.66. The molecule has 1 unspecified atom stereocenters. The molecule has 0 bridgehead atoms. The number of hydrogen-bond donors (Lipinski definition) is 1. The van der Waals surface area contributed by atoms with Gasteiger partial charge in [0, 0.05) is 4.47 Å². The van der Waals surface area contributed by atoms with E-state index in [4.69, 9.17) is 0 Å². The zero-order chi connectivity index (χ0) is 14.8. The van der Waals surface area contributed by atoms with E-state index in [1.165, 1.54) is 35.1 Å². The van der Waals surface area contributed by atoms with Crippen LogP contribution in [0.15, 0.2) is 28.7 Å². The Labute approximate surface area is 137 Å². The van der Waals surface area contributed by atoms with Crippen LogP contribution in [-0.2, 0) is 6.42 Å². The molecule has 0 aliphatic rings. The number of nitrogens with one attached hydrogen (secondary N) is 1. The van der Waals surface area contributed by atoms with Gasteiger partial charge < -0.3 is 5.32 Å². The highest BCUT2D eigenvalue weighted by atomic mass is 79.9. The van der Waals surface area contributed by atoms with Crippen LogP contribution in [0.5, 0.6) is 0 Å². The smallest absolute Gasteiger partial charge is 0.0207 e. The molecule has 3 heteroatoms. The lowest BCUT2D eigenvalue weighted by Crippen LogP contribution is -2.27. The van der Waals surface area contributed by atoms with E-state index in [0.29, 0.717) is 0 Å². The number of thioether (sulfide) groups is 1. The summed E-state index contributed by atoms with van der Waals surface area (Å²) >= 11 is 5.63. The van der Waals surface area contributed by atoms with Crippen molar-refractivity contribution in [2.24, 2.45) is 11.8 Å². The summed E-state index contributed by atoms with van der Waals surface area (Å²) in [6.45, 7) is 6.79. The van der Waals surface area contributed by atoms with Crippen LogP contribution in [0.2, 0.25) is 0 Å². The fourth-order valence-corrected chi connectivity index (χ4v) is 3.25. The van der Waals surface area contributed by atoms with Gasteiger partial charge >= 0.3 is 0 Å². The molecule has 0 fully saturated rings. The third-order valence-corrected chi connectivity index (χ3v) is 4.88. The molecule has 0 spiro atoms. The van der Waals surface area contributed by atoms with Crippen molar-refractivity contribution in [3.05, 3.63) is 34.3 Å². The molecule has 0 aliphatic carbocycles. The molecule has 1 aromatic carbocycles. The molecule has 0 aliphatic heterocycles. The molecular weight excluding hydrogens is 330 g/mol. The molecule has 1 nitrogen and oxygen atoms in total. The normalized spacial score (nSPS) is 12.8. The average molecular weight is 358 g/mol. The SMILES string of the molecule is CSCCCC(CNCC(C)C)Cc1ccccc1Br. The standard InChI is InChI=1S/C17H28BrNS/c1-14(2)12-19-13-15(7-6-10-20-3)11-16-8-4-5-9-17(16)18/h4-5,8-9,14-15,19H,6-7,10-13H2,1-3H3. The molecule has 0 saturated heterocycles. The third kappa shape index (κ3) is 7.70. The van der Waals surface area contributed by atoms with Crippen molar-refractivity contribution in [1.29, 1.82) is 0 Å². The lowest BCUT2D eigenvalue weighted by Gasteiger charge is -2.19. The summed E-state index contributed by atoms with van der Waals surface area (Å²) in [5.41, 5.74) is 1.44. The fraction of sp³-hybridized carbons (Fsp3) is 0.647. The second-order valence-electron chi connectivity index (χ2n) is 5.85. The molecule has 1 atom stereocenters. The van der Waals surface area contributed by atoms with Crippen molar-refractivity contribution >= 4 is 27.7 Å². The number of rotatable bonds is 10. The quantitative estimate of drug-likeness (QED) is 0.591. The third-order valence-electron chi connectivity index (χ3n) is 3.41. The van der Waals surface area contributed by atoms with Crippen molar-refractivity contribution in [3.8, 4) is 0 Å². The number of hydrogen-bond acceptors (Lipinski definition) is 2. The maximum Gasteiger partial charge on any atom is 0.0207 e. The Morgan fingerprint density at radius 2 is 1.95 bits per heavy atom. The van der Waals surface area contributed by atoms with Crippen molar-refractivity contribution in [3.63, 3.8) is 0 Å². The first-order chi connectivity index (χ1) is 9.63. The van der Waals surface area contributed by atoms with E-state index in [0.717, 1.165) is 24.9 Å². The molecule has 114 valence electrons. The van der Waals surface area contributed by atoms with Crippen molar-refractivity contribution < 1.29 is 0 Å². The first-order valence-electron chi connectivity index (χ1n) is 7.56. The summed E-state index contributed by atoms with van der Waals surface area (Å²) in [4.78, 5) is 0. The maximum atomic E-state index is 3.67. The van der Waals surface area contributed by atoms with Gasteiger partial charge in [-0.15, -0.1) is 0 Å². The molecule has 0 radical (unpaired) electrons. The van der Waals surface area contributed by atoms with E-state index in [1.54, 1.807) is 0 Å². The van der Waals surface area contributed by atoms with E-state index in [2.05, 4.69) is 65.6 Å². The van der Waals surface area contributed by atoms with Crippen LogP contribution in [0.3, 0.4) is 0 Å². The highest BCUT2D eigenvalue weighted by Gasteiger charge is 2.11. The molecule has 1 rings (SSSR count). The van der Waals surface area contributed by atoms with Crippen LogP contribution in [-0.4, -0.2) is 25.1 Å². The molecule has 0 saturated carbocycles. The van der Waals surface area contributed by atoms with E-state index < -0.39 is 0 Å². The Hall–Kier alpha value is 0.01000. The molecule has 1 aromatic rings. The molecule has 20 heavy (non-hydrogen) atoms. The Morgan fingerprint density at radius 1 is 1.20 bits per heavy atom. The summed E-state index contributed by atoms with van der Waals surface area (Å²) in [5, 5.41) is 3.63. The predicted octanol–water partition coefficient (Wildman–Crippen LogP) is 5.00. The Bertz CT molecular complexity index is 368. The van der Waals surface area contributed by atoms with E-state index in [9.17, 15) is 0 Å². The minimum Gasteiger partial charge on any atom is -0.316 e. The maximum absolute atomic E-state index is 3.67. The van der Waals surface area contributed by atoms with Crippen LogP contribution in [0.25, 0.3) is 0 Å². The lowest BCUT2D eigenvalue weighted by molar-refractivity contribution is 0.421. The van der Waals surface area contributed by atoms with Gasteiger partial charge in [-0.05, 0) is 67.8 Å². The zero-order valence-electron chi connectivity index (χ0n) is 13.0. The first-order valence-corrected chi connectivity index (χ1v) is 9.75. The van der Waals surface area contributed by atoms with Gasteiger partial charge in [0.15, 0.2) is 0 Å². The number of benzene rings is 1. The summed E-state index contributed by atoms with van der Waals surface area (Å²) in [6.07, 6.45) is 5.99. The van der Waals surface area contributed by atoms with E-state index in [1.807, 2.05) is 11.8 Å². The van der Waals surface area contributed by atoms with Gasteiger partial charge in [0.05, 0.1) is 0 Å². The topological polar surface area (TPSA) is 12.0 Å². The van der Waals surface area contributed by atoms with Gasteiger partial charge in [0.25, 0.3) is 0 Å². The molecule has 0 aromatic heterocycles. The fourth-order valence-electron chi connectivity index (χ4n) is 2.34. The minimum atomic E-state index is 0.727. The van der Waals surface area contributed by atoms with Crippen molar-refractivity contribution in [1.82, 2.24) is 5.32 Å². The monoisotopic (exact) mass is 357 g/mol. The van der Waals surface area contributed by atoms with Crippen molar-refractivity contribution in [2.75, 3.05) is 25.1 Å². The molecular formula is C17H28BrNS. The Morgan fingerprint density at radius 3 is 2.60 bits per heavy atom. The zero-order valence-corrected chi connectivity index (χ0v) is 15.4. The average Bonchev–Trinajstić information content (AvgIpc) is 2.41. The van der Waals surface area contributed by atoms with Crippen LogP contribution in [0.1, 0.15) is 32.3 Å². The van der Waals surface area contributed by atoms with Gasteiger partial charge in [-0.1, -0.05) is 48.0 Å². The second-order valence-corrected chi connectivity index (χ2v) is 7.69. The molecule has 0 amide bonds. The van der Waals surface area contributed by atoms with E-state index >= 15 is 0 Å². The predicted molar refractivity (Wildman–Crippen MR) is 96.7 cm³/mol. The minimum absolute atomic E-state index is 0.727.